The maximum absolute atomic E-state index is 12.4. The van der Waals surface area contributed by atoms with Gasteiger partial charge in [0.05, 0.1) is 0 Å². The van der Waals surface area contributed by atoms with E-state index in [1.165, 1.54) is 0 Å². The predicted octanol–water partition coefficient (Wildman–Crippen LogP) is 4.45. The quantitative estimate of drug-likeness (QED) is 0.651. The maximum atomic E-state index is 12.4. The van der Waals surface area contributed by atoms with Crippen molar-refractivity contribution in [3.63, 3.8) is 0 Å². The van der Waals surface area contributed by atoms with Crippen LogP contribution in [0.4, 0.5) is 27.6 Å². The number of anilines is 1. The van der Waals surface area contributed by atoms with Gasteiger partial charge in [-0.3, -0.25) is 4.79 Å². The normalized spacial score (nSPS) is 15.0. The van der Waals surface area contributed by atoms with E-state index in [-0.39, 0.29) is 12.8 Å². The highest BCUT2D eigenvalue weighted by molar-refractivity contribution is 5.77. The number of carbonyl (C=O) groups excluding carboxylic acids is 1. The van der Waals surface area contributed by atoms with Crippen LogP contribution in [0.15, 0.2) is 30.6 Å². The first-order chi connectivity index (χ1) is 11.6. The molecule has 9 heteroatoms. The number of nitrogens with one attached hydrogen (secondary N) is 1. The fourth-order valence-electron chi connectivity index (χ4n) is 1.80. The van der Waals surface area contributed by atoms with Gasteiger partial charge in [-0.15, -0.1) is 0 Å². The predicted molar refractivity (Wildman–Crippen MR) is 81.1 cm³/mol. The molecule has 0 aliphatic heterocycles. The standard InChI is InChI=1S/C13H10F3N3O.C3H4F2/c1-8-2-3-10(19-7-20)4-11(8)9-5-17-12(18-6-9)13(14,15)16;4-3(5)1-2-3/h2-7H,1H3,(H,19,20);1-2H2. The number of aromatic nitrogens is 2. The lowest BCUT2D eigenvalue weighted by Gasteiger charge is -2.09. The molecule has 3 rings (SSSR count). The van der Waals surface area contributed by atoms with Crippen LogP contribution in [0.5, 0.6) is 0 Å². The van der Waals surface area contributed by atoms with Crippen molar-refractivity contribution in [3.05, 3.63) is 42.0 Å². The molecule has 25 heavy (non-hydrogen) atoms. The van der Waals surface area contributed by atoms with Gasteiger partial charge in [-0.1, -0.05) is 6.07 Å². The van der Waals surface area contributed by atoms with E-state index in [0.717, 1.165) is 18.0 Å². The zero-order chi connectivity index (χ0) is 18.7. The molecule has 0 bridgehead atoms. The molecule has 0 spiro atoms. The van der Waals surface area contributed by atoms with Crippen LogP contribution < -0.4 is 5.32 Å². The van der Waals surface area contributed by atoms with Crippen LogP contribution >= 0.6 is 0 Å². The van der Waals surface area contributed by atoms with Crippen molar-refractivity contribution in [2.24, 2.45) is 0 Å². The summed E-state index contributed by atoms with van der Waals surface area (Å²) in [6, 6.07) is 5.09. The molecule has 1 fully saturated rings. The lowest BCUT2D eigenvalue weighted by atomic mass is 10.0. The molecule has 1 aromatic heterocycles. The lowest BCUT2D eigenvalue weighted by molar-refractivity contribution is -0.145. The molecule has 1 saturated carbocycles. The SMILES string of the molecule is Cc1ccc(NC=O)cc1-c1cnc(C(F)(F)F)nc1.FC1(F)CC1. The van der Waals surface area contributed by atoms with Crippen LogP contribution in [-0.2, 0) is 11.0 Å². The Kier molecular flexibility index (Phi) is 5.34. The van der Waals surface area contributed by atoms with E-state index < -0.39 is 17.9 Å². The third-order valence-corrected chi connectivity index (χ3v) is 3.31. The second kappa shape index (κ2) is 7.12. The van der Waals surface area contributed by atoms with Gasteiger partial charge in [0, 0.05) is 36.5 Å². The Hall–Kier alpha value is -2.58. The first-order valence-corrected chi connectivity index (χ1v) is 7.21. The number of benzene rings is 1. The summed E-state index contributed by atoms with van der Waals surface area (Å²) in [6.45, 7) is 1.80. The molecule has 0 unspecified atom stereocenters. The summed E-state index contributed by atoms with van der Waals surface area (Å²) in [5, 5.41) is 2.48. The molecule has 1 heterocycles. The van der Waals surface area contributed by atoms with Crippen molar-refractivity contribution < 1.29 is 26.7 Å². The Morgan fingerprint density at radius 2 is 1.72 bits per heavy atom. The third kappa shape index (κ3) is 5.47. The monoisotopic (exact) mass is 359 g/mol. The number of halogens is 5. The van der Waals surface area contributed by atoms with Crippen LogP contribution in [0.3, 0.4) is 0 Å². The van der Waals surface area contributed by atoms with Gasteiger partial charge in [0.2, 0.25) is 18.2 Å². The first kappa shape index (κ1) is 18.8. The molecule has 134 valence electrons. The van der Waals surface area contributed by atoms with E-state index in [1.54, 1.807) is 25.1 Å². The van der Waals surface area contributed by atoms with Gasteiger partial charge in [-0.05, 0) is 30.2 Å². The summed E-state index contributed by atoms with van der Waals surface area (Å²) in [6.07, 6.45) is -1.57. The van der Waals surface area contributed by atoms with E-state index >= 15 is 0 Å². The minimum absolute atomic E-state index is 0.118. The van der Waals surface area contributed by atoms with Crippen molar-refractivity contribution in [1.82, 2.24) is 9.97 Å². The van der Waals surface area contributed by atoms with Crippen molar-refractivity contribution in [3.8, 4) is 11.1 Å². The molecule has 1 aliphatic carbocycles. The molecule has 1 aliphatic rings. The van der Waals surface area contributed by atoms with Gasteiger partial charge < -0.3 is 5.32 Å². The van der Waals surface area contributed by atoms with E-state index in [0.29, 0.717) is 23.2 Å². The van der Waals surface area contributed by atoms with Gasteiger partial charge in [0.25, 0.3) is 0 Å². The second-order valence-electron chi connectivity index (χ2n) is 5.44. The molecular weight excluding hydrogens is 345 g/mol. The number of amides is 1. The Morgan fingerprint density at radius 1 is 1.16 bits per heavy atom. The van der Waals surface area contributed by atoms with Crippen LogP contribution in [0.1, 0.15) is 24.2 Å². The maximum Gasteiger partial charge on any atom is 0.451 e. The van der Waals surface area contributed by atoms with Crippen molar-refractivity contribution in [1.29, 1.82) is 0 Å². The fourth-order valence-corrected chi connectivity index (χ4v) is 1.80. The number of hydrogen-bond acceptors (Lipinski definition) is 3. The van der Waals surface area contributed by atoms with E-state index in [1.807, 2.05) is 0 Å². The average Bonchev–Trinajstić information content (AvgIpc) is 3.24. The van der Waals surface area contributed by atoms with Crippen molar-refractivity contribution in [2.45, 2.75) is 31.9 Å². The number of rotatable bonds is 3. The molecule has 2 aromatic rings. The molecule has 1 amide bonds. The number of carbonyl (C=O) groups is 1. The van der Waals surface area contributed by atoms with E-state index in [9.17, 15) is 26.7 Å². The van der Waals surface area contributed by atoms with E-state index in [4.69, 9.17) is 0 Å². The largest absolute Gasteiger partial charge is 0.451 e. The minimum atomic E-state index is -4.56. The lowest BCUT2D eigenvalue weighted by Crippen LogP contribution is -2.10. The van der Waals surface area contributed by atoms with Gasteiger partial charge in [0.1, 0.15) is 0 Å². The minimum Gasteiger partial charge on any atom is -0.329 e. The zero-order valence-electron chi connectivity index (χ0n) is 13.1. The van der Waals surface area contributed by atoms with Gasteiger partial charge >= 0.3 is 6.18 Å². The molecule has 0 saturated heterocycles. The summed E-state index contributed by atoms with van der Waals surface area (Å²) in [5.41, 5.74) is 2.49. The number of nitrogens with zero attached hydrogens (tertiary/aromatic N) is 2. The average molecular weight is 359 g/mol. The summed E-state index contributed by atoms with van der Waals surface area (Å²) in [7, 11) is 0. The molecule has 1 aromatic carbocycles. The summed E-state index contributed by atoms with van der Waals surface area (Å²) in [5.74, 6) is -3.43. The Balaban J connectivity index is 0.000000386. The van der Waals surface area contributed by atoms with Crippen LogP contribution in [0.25, 0.3) is 11.1 Å². The topological polar surface area (TPSA) is 54.9 Å². The summed E-state index contributed by atoms with van der Waals surface area (Å²) >= 11 is 0. The Labute approximate surface area is 140 Å². The molecular formula is C16H14F5N3O. The molecule has 4 nitrogen and oxygen atoms in total. The highest BCUT2D eigenvalue weighted by Gasteiger charge is 2.43. The highest BCUT2D eigenvalue weighted by atomic mass is 19.4. The summed E-state index contributed by atoms with van der Waals surface area (Å²) in [4.78, 5) is 17.0. The number of alkyl halides is 5. The fraction of sp³-hybridized carbons (Fsp3) is 0.312. The van der Waals surface area contributed by atoms with Gasteiger partial charge in [-0.2, -0.15) is 13.2 Å². The molecule has 1 N–H and O–H groups in total. The third-order valence-electron chi connectivity index (χ3n) is 3.31. The number of aryl methyl sites for hydroxylation is 1. The number of hydrogen-bond donors (Lipinski definition) is 1. The van der Waals surface area contributed by atoms with E-state index in [2.05, 4.69) is 15.3 Å². The van der Waals surface area contributed by atoms with Crippen molar-refractivity contribution in [2.75, 3.05) is 5.32 Å². The Bertz CT molecular complexity index is 738. The Morgan fingerprint density at radius 3 is 2.16 bits per heavy atom. The van der Waals surface area contributed by atoms with Gasteiger partial charge in [-0.25, -0.2) is 18.7 Å². The second-order valence-corrected chi connectivity index (χ2v) is 5.44. The van der Waals surface area contributed by atoms with Crippen molar-refractivity contribution >= 4 is 12.1 Å². The molecule has 0 radical (unpaired) electrons. The van der Waals surface area contributed by atoms with Crippen LogP contribution in [-0.4, -0.2) is 22.3 Å². The summed E-state index contributed by atoms with van der Waals surface area (Å²) < 4.78 is 59.4. The highest BCUT2D eigenvalue weighted by Crippen LogP contribution is 2.40. The zero-order valence-corrected chi connectivity index (χ0v) is 13.1. The molecule has 0 atom stereocenters. The van der Waals surface area contributed by atoms with Gasteiger partial charge in [0.15, 0.2) is 0 Å². The van der Waals surface area contributed by atoms with Crippen LogP contribution in [0, 0.1) is 6.92 Å². The smallest absolute Gasteiger partial charge is 0.329 e. The van der Waals surface area contributed by atoms with Crippen LogP contribution in [0.2, 0.25) is 0 Å². The first-order valence-electron chi connectivity index (χ1n) is 7.21.